The molecule has 7 N–H and O–H groups in total. The summed E-state index contributed by atoms with van der Waals surface area (Å²) in [6.45, 7) is 4.49. The average molecular weight is 354 g/mol. The first-order valence-electron chi connectivity index (χ1n) is 8.48. The molecular weight excluding hydrogens is 328 g/mol. The summed E-state index contributed by atoms with van der Waals surface area (Å²) in [5.74, 6) is 0.337. The number of para-hydroxylation sites is 1. The molecule has 0 aromatic heterocycles. The van der Waals surface area contributed by atoms with Crippen LogP contribution in [0.5, 0.6) is 5.75 Å². The van der Waals surface area contributed by atoms with E-state index in [0.717, 1.165) is 28.9 Å². The molecule has 0 aliphatic carbocycles. The molecule has 6 nitrogen and oxygen atoms in total. The number of methoxy groups -OCH3 is 1. The van der Waals surface area contributed by atoms with Crippen LogP contribution in [-0.4, -0.2) is 19.6 Å². The van der Waals surface area contributed by atoms with Crippen molar-refractivity contribution in [2.24, 2.45) is 11.5 Å². The molecule has 0 radical (unpaired) electrons. The Morgan fingerprint density at radius 2 is 1.88 bits per heavy atom. The van der Waals surface area contributed by atoms with E-state index >= 15 is 0 Å². The third-order valence-corrected chi connectivity index (χ3v) is 4.20. The van der Waals surface area contributed by atoms with Crippen LogP contribution in [-0.2, 0) is 4.79 Å². The molecule has 6 heteroatoms. The molecular formula is C20H26N4O2. The van der Waals surface area contributed by atoms with E-state index in [9.17, 15) is 4.79 Å². The second kappa shape index (κ2) is 8.29. The Labute approximate surface area is 154 Å². The van der Waals surface area contributed by atoms with Crippen LogP contribution < -0.4 is 27.3 Å². The van der Waals surface area contributed by atoms with Gasteiger partial charge in [0.25, 0.3) is 5.91 Å². The Bertz CT molecular complexity index is 844. The third kappa shape index (κ3) is 3.91. The number of hydrogen-bond acceptors (Lipinski definition) is 5. The molecule has 0 bridgehead atoms. The maximum atomic E-state index is 12.1. The van der Waals surface area contributed by atoms with Gasteiger partial charge in [-0.1, -0.05) is 31.2 Å². The Balaban J connectivity index is 2.52. The topological polar surface area (TPSA) is 116 Å². The lowest BCUT2D eigenvalue weighted by molar-refractivity contribution is -0.117. The zero-order chi connectivity index (χ0) is 19.3. The number of nitrogens with two attached hydrogens (primary N) is 3. The number of nitrogens with one attached hydrogen (secondary N) is 1. The predicted molar refractivity (Wildman–Crippen MR) is 106 cm³/mol. The maximum Gasteiger partial charge on any atom is 0.269 e. The van der Waals surface area contributed by atoms with Gasteiger partial charge < -0.3 is 27.3 Å². The van der Waals surface area contributed by atoms with E-state index in [1.807, 2.05) is 44.2 Å². The van der Waals surface area contributed by atoms with Crippen LogP contribution in [0.25, 0.3) is 16.8 Å². The number of hydrogen-bond donors (Lipinski definition) is 4. The van der Waals surface area contributed by atoms with Crippen LogP contribution >= 0.6 is 0 Å². The van der Waals surface area contributed by atoms with E-state index in [4.69, 9.17) is 21.9 Å². The van der Waals surface area contributed by atoms with Gasteiger partial charge in [-0.3, -0.25) is 4.79 Å². The van der Waals surface area contributed by atoms with Crippen LogP contribution in [0.1, 0.15) is 24.5 Å². The Kier molecular flexibility index (Phi) is 6.11. The second-order valence-electron chi connectivity index (χ2n) is 6.03. The highest BCUT2D eigenvalue weighted by Gasteiger charge is 2.16. The smallest absolute Gasteiger partial charge is 0.269 e. The molecule has 0 unspecified atom stereocenters. The summed E-state index contributed by atoms with van der Waals surface area (Å²) in [6, 6.07) is 11.3. The quantitative estimate of drug-likeness (QED) is 0.469. The Morgan fingerprint density at radius 1 is 1.15 bits per heavy atom. The fraction of sp³-hybridized carbons (Fsp3) is 0.250. The molecule has 0 heterocycles. The van der Waals surface area contributed by atoms with Crippen molar-refractivity contribution in [3.05, 3.63) is 53.2 Å². The van der Waals surface area contributed by atoms with Crippen molar-refractivity contribution in [2.75, 3.05) is 19.4 Å². The number of carbonyl (C=O) groups is 1. The van der Waals surface area contributed by atoms with E-state index in [2.05, 4.69) is 5.32 Å². The van der Waals surface area contributed by atoms with E-state index in [-0.39, 0.29) is 11.4 Å². The van der Waals surface area contributed by atoms with Crippen molar-refractivity contribution < 1.29 is 9.53 Å². The monoisotopic (exact) mass is 354 g/mol. The van der Waals surface area contributed by atoms with Crippen LogP contribution in [0.2, 0.25) is 0 Å². The molecule has 26 heavy (non-hydrogen) atoms. The summed E-state index contributed by atoms with van der Waals surface area (Å²) in [7, 11) is 1.62. The molecule has 2 rings (SSSR count). The molecule has 0 atom stereocenters. The van der Waals surface area contributed by atoms with Crippen LogP contribution in [0, 0.1) is 6.92 Å². The average Bonchev–Trinajstić information content (AvgIpc) is 2.65. The fourth-order valence-corrected chi connectivity index (χ4v) is 2.65. The molecule has 0 spiro atoms. The lowest BCUT2D eigenvalue weighted by atomic mass is 9.95. The van der Waals surface area contributed by atoms with Crippen molar-refractivity contribution in [3.8, 4) is 16.9 Å². The van der Waals surface area contributed by atoms with Gasteiger partial charge in [-0.2, -0.15) is 0 Å². The summed E-state index contributed by atoms with van der Waals surface area (Å²) < 4.78 is 5.31. The van der Waals surface area contributed by atoms with Gasteiger partial charge in [-0.05, 0) is 36.6 Å². The predicted octanol–water partition coefficient (Wildman–Crippen LogP) is 2.37. The molecule has 2 aromatic carbocycles. The SMILES string of the molecule is CCCNC(=O)/C(N)=C(\N)c1cccc(-c2cc(OC)ccc2C)c1N. The highest BCUT2D eigenvalue weighted by molar-refractivity contribution is 6.01. The minimum atomic E-state index is -0.397. The molecule has 0 aliphatic rings. The van der Waals surface area contributed by atoms with Gasteiger partial charge in [0.2, 0.25) is 0 Å². The number of rotatable bonds is 6. The normalized spacial score (nSPS) is 11.7. The zero-order valence-corrected chi connectivity index (χ0v) is 15.4. The summed E-state index contributed by atoms with van der Waals surface area (Å²) >= 11 is 0. The van der Waals surface area contributed by atoms with E-state index in [1.165, 1.54) is 0 Å². The lowest BCUT2D eigenvalue weighted by Gasteiger charge is -2.15. The van der Waals surface area contributed by atoms with Crippen molar-refractivity contribution in [1.82, 2.24) is 5.32 Å². The van der Waals surface area contributed by atoms with Crippen molar-refractivity contribution in [2.45, 2.75) is 20.3 Å². The number of ether oxygens (including phenoxy) is 1. The van der Waals surface area contributed by atoms with Crippen molar-refractivity contribution >= 4 is 17.3 Å². The highest BCUT2D eigenvalue weighted by Crippen LogP contribution is 2.35. The van der Waals surface area contributed by atoms with Gasteiger partial charge in [0, 0.05) is 23.4 Å². The molecule has 0 saturated heterocycles. The number of aryl methyl sites for hydroxylation is 1. The molecule has 0 saturated carbocycles. The van der Waals surface area contributed by atoms with E-state index in [0.29, 0.717) is 17.8 Å². The van der Waals surface area contributed by atoms with Crippen LogP contribution in [0.15, 0.2) is 42.1 Å². The molecule has 1 amide bonds. The number of amides is 1. The Hall–Kier alpha value is -3.15. The van der Waals surface area contributed by atoms with E-state index < -0.39 is 5.91 Å². The second-order valence-corrected chi connectivity index (χ2v) is 6.03. The van der Waals surface area contributed by atoms with Gasteiger partial charge in [-0.25, -0.2) is 0 Å². The first kappa shape index (κ1) is 19.2. The number of benzene rings is 2. The van der Waals surface area contributed by atoms with Crippen LogP contribution in [0.3, 0.4) is 0 Å². The summed E-state index contributed by atoms with van der Waals surface area (Å²) in [5.41, 5.74) is 22.4. The summed E-state index contributed by atoms with van der Waals surface area (Å²) in [5, 5.41) is 2.71. The number of anilines is 1. The third-order valence-electron chi connectivity index (χ3n) is 4.20. The molecule has 2 aromatic rings. The first-order chi connectivity index (χ1) is 12.4. The summed E-state index contributed by atoms with van der Waals surface area (Å²) in [4.78, 5) is 12.1. The van der Waals surface area contributed by atoms with Gasteiger partial charge in [-0.15, -0.1) is 0 Å². The van der Waals surface area contributed by atoms with E-state index in [1.54, 1.807) is 13.2 Å². The Morgan fingerprint density at radius 3 is 2.54 bits per heavy atom. The minimum absolute atomic E-state index is 0.0373. The first-order valence-corrected chi connectivity index (χ1v) is 8.48. The van der Waals surface area contributed by atoms with Gasteiger partial charge in [0.1, 0.15) is 11.4 Å². The minimum Gasteiger partial charge on any atom is -0.497 e. The molecule has 0 aliphatic heterocycles. The van der Waals surface area contributed by atoms with Gasteiger partial charge in [0.15, 0.2) is 0 Å². The zero-order valence-electron chi connectivity index (χ0n) is 15.4. The largest absolute Gasteiger partial charge is 0.497 e. The molecule has 0 fully saturated rings. The van der Waals surface area contributed by atoms with Gasteiger partial charge in [0.05, 0.1) is 12.8 Å². The fourth-order valence-electron chi connectivity index (χ4n) is 2.65. The van der Waals surface area contributed by atoms with Gasteiger partial charge >= 0.3 is 0 Å². The molecule has 138 valence electrons. The van der Waals surface area contributed by atoms with Crippen molar-refractivity contribution in [1.29, 1.82) is 0 Å². The van der Waals surface area contributed by atoms with Crippen LogP contribution in [0.4, 0.5) is 5.69 Å². The maximum absolute atomic E-state index is 12.1. The van der Waals surface area contributed by atoms with Crippen molar-refractivity contribution in [3.63, 3.8) is 0 Å². The lowest BCUT2D eigenvalue weighted by Crippen LogP contribution is -2.31. The number of carbonyl (C=O) groups excluding carboxylic acids is 1. The number of nitrogen functional groups attached to an aromatic ring is 1. The standard InChI is InChI=1S/C20H26N4O2/c1-4-10-24-20(25)19(23)18(22)15-7-5-6-14(17(15)21)16-11-13(26-3)9-8-12(16)2/h5-9,11H,4,10,21-23H2,1-3H3,(H,24,25)/b19-18+. The highest BCUT2D eigenvalue weighted by atomic mass is 16.5. The summed E-state index contributed by atoms with van der Waals surface area (Å²) in [6.07, 6.45) is 0.811.